The normalized spacial score (nSPS) is 20.9. The van der Waals surface area contributed by atoms with Gasteiger partial charge in [0, 0.05) is 17.6 Å². The summed E-state index contributed by atoms with van der Waals surface area (Å²) in [6.07, 6.45) is 4.85. The molecule has 2 heterocycles. The minimum atomic E-state index is 0. The molecule has 0 bridgehead atoms. The number of rotatable bonds is 1. The van der Waals surface area contributed by atoms with Crippen molar-refractivity contribution in [3.05, 3.63) is 34.3 Å². The molecule has 0 aromatic heterocycles. The maximum absolute atomic E-state index is 12.6. The topological polar surface area (TPSA) is 32.3 Å². The second kappa shape index (κ2) is 7.12. The van der Waals surface area contributed by atoms with Gasteiger partial charge in [-0.25, -0.2) is 0 Å². The molecule has 116 valence electrons. The third-order valence-electron chi connectivity index (χ3n) is 4.88. The number of amides is 1. The molecular weight excluding hydrogens is 352 g/mol. The third-order valence-corrected chi connectivity index (χ3v) is 5.57. The lowest BCUT2D eigenvalue weighted by atomic mass is 9.71. The predicted octanol–water partition coefficient (Wildman–Crippen LogP) is 3.48. The molecule has 0 saturated carbocycles. The summed E-state index contributed by atoms with van der Waals surface area (Å²) >= 11 is 3.48. The molecule has 3 nitrogen and oxygen atoms in total. The van der Waals surface area contributed by atoms with Crippen LogP contribution >= 0.6 is 28.3 Å². The van der Waals surface area contributed by atoms with Gasteiger partial charge in [0.05, 0.1) is 5.56 Å². The van der Waals surface area contributed by atoms with Crippen LogP contribution in [0.5, 0.6) is 0 Å². The zero-order valence-corrected chi connectivity index (χ0v) is 14.5. The second-order valence-electron chi connectivity index (χ2n) is 6.02. The highest BCUT2D eigenvalue weighted by Gasteiger charge is 2.36. The molecule has 1 N–H and O–H groups in total. The van der Waals surface area contributed by atoms with Gasteiger partial charge in [-0.05, 0) is 72.3 Å². The Labute approximate surface area is 141 Å². The van der Waals surface area contributed by atoms with E-state index in [2.05, 4.69) is 21.2 Å². The summed E-state index contributed by atoms with van der Waals surface area (Å²) in [7, 11) is 0. The van der Waals surface area contributed by atoms with Gasteiger partial charge in [-0.3, -0.25) is 4.79 Å². The highest BCUT2D eigenvalue weighted by Crippen LogP contribution is 2.39. The molecule has 0 radical (unpaired) electrons. The number of nitrogens with one attached hydrogen (secondary N) is 1. The van der Waals surface area contributed by atoms with Crippen molar-refractivity contribution in [3.8, 4) is 0 Å². The number of benzene rings is 1. The SMILES string of the molecule is Cl.O=C(c1ccccc1Br)N1CCC2(CCNCC2)CC1. The highest BCUT2D eigenvalue weighted by molar-refractivity contribution is 9.10. The fourth-order valence-corrected chi connectivity index (χ4v) is 3.90. The van der Waals surface area contributed by atoms with E-state index in [9.17, 15) is 4.79 Å². The molecule has 2 aliphatic rings. The lowest BCUT2D eigenvalue weighted by Gasteiger charge is -2.44. The molecule has 1 aromatic rings. The Kier molecular flexibility index (Phi) is 5.69. The van der Waals surface area contributed by atoms with Crippen LogP contribution < -0.4 is 5.32 Å². The van der Waals surface area contributed by atoms with Gasteiger partial charge in [0.15, 0.2) is 0 Å². The van der Waals surface area contributed by atoms with Crippen LogP contribution in [0, 0.1) is 5.41 Å². The van der Waals surface area contributed by atoms with Crippen molar-refractivity contribution in [2.75, 3.05) is 26.2 Å². The molecule has 0 unspecified atom stereocenters. The number of carbonyl (C=O) groups is 1. The quantitative estimate of drug-likeness (QED) is 0.817. The molecule has 2 aliphatic heterocycles. The smallest absolute Gasteiger partial charge is 0.254 e. The van der Waals surface area contributed by atoms with Crippen LogP contribution in [0.25, 0.3) is 0 Å². The largest absolute Gasteiger partial charge is 0.339 e. The lowest BCUT2D eigenvalue weighted by molar-refractivity contribution is 0.0495. The van der Waals surface area contributed by atoms with Crippen LogP contribution in [-0.4, -0.2) is 37.0 Å². The van der Waals surface area contributed by atoms with Crippen LogP contribution in [0.3, 0.4) is 0 Å². The second-order valence-corrected chi connectivity index (χ2v) is 6.88. The number of piperidine rings is 2. The van der Waals surface area contributed by atoms with Gasteiger partial charge in [-0.15, -0.1) is 12.4 Å². The summed E-state index contributed by atoms with van der Waals surface area (Å²) in [4.78, 5) is 14.6. The Morgan fingerprint density at radius 2 is 1.71 bits per heavy atom. The number of carbonyl (C=O) groups excluding carboxylic acids is 1. The molecule has 2 fully saturated rings. The van der Waals surface area contributed by atoms with Gasteiger partial charge in [-0.1, -0.05) is 12.1 Å². The Morgan fingerprint density at radius 1 is 1.10 bits per heavy atom. The standard InChI is InChI=1S/C16H21BrN2O.ClH/c17-14-4-2-1-3-13(14)15(20)19-11-7-16(8-12-19)5-9-18-10-6-16;/h1-4,18H,5-12H2;1H. The first-order valence-electron chi connectivity index (χ1n) is 7.45. The van der Waals surface area contributed by atoms with Crippen LogP contribution in [0.15, 0.2) is 28.7 Å². The van der Waals surface area contributed by atoms with E-state index in [-0.39, 0.29) is 18.3 Å². The van der Waals surface area contributed by atoms with E-state index in [0.717, 1.165) is 49.1 Å². The van der Waals surface area contributed by atoms with E-state index in [4.69, 9.17) is 0 Å². The third kappa shape index (κ3) is 3.61. The van der Waals surface area contributed by atoms with Gasteiger partial charge in [0.1, 0.15) is 0 Å². The zero-order chi connectivity index (χ0) is 14.0. The molecule has 1 aromatic carbocycles. The molecule has 1 amide bonds. The monoisotopic (exact) mass is 372 g/mol. The highest BCUT2D eigenvalue weighted by atomic mass is 79.9. The van der Waals surface area contributed by atoms with E-state index in [0.29, 0.717) is 5.41 Å². The van der Waals surface area contributed by atoms with Crippen molar-refractivity contribution in [1.82, 2.24) is 10.2 Å². The summed E-state index contributed by atoms with van der Waals surface area (Å²) < 4.78 is 0.896. The number of hydrogen-bond donors (Lipinski definition) is 1. The van der Waals surface area contributed by atoms with Gasteiger partial charge >= 0.3 is 0 Å². The van der Waals surface area contributed by atoms with Crippen molar-refractivity contribution < 1.29 is 4.79 Å². The first-order valence-corrected chi connectivity index (χ1v) is 8.24. The molecule has 21 heavy (non-hydrogen) atoms. The average Bonchev–Trinajstić information content (AvgIpc) is 2.49. The Bertz CT molecular complexity index is 493. The number of likely N-dealkylation sites (tertiary alicyclic amines) is 1. The van der Waals surface area contributed by atoms with Crippen molar-refractivity contribution >= 4 is 34.2 Å². The lowest BCUT2D eigenvalue weighted by Crippen LogP contribution is -2.47. The Hall–Kier alpha value is -0.580. The van der Waals surface area contributed by atoms with E-state index in [1.54, 1.807) is 0 Å². The zero-order valence-electron chi connectivity index (χ0n) is 12.1. The van der Waals surface area contributed by atoms with Crippen LogP contribution in [0.4, 0.5) is 0 Å². The molecule has 1 spiro atoms. The Morgan fingerprint density at radius 3 is 2.33 bits per heavy atom. The van der Waals surface area contributed by atoms with Crippen LogP contribution in [-0.2, 0) is 0 Å². The minimum absolute atomic E-state index is 0. The number of halogens is 2. The summed E-state index contributed by atoms with van der Waals surface area (Å²) in [6.45, 7) is 4.08. The van der Waals surface area contributed by atoms with Crippen LogP contribution in [0.2, 0.25) is 0 Å². The van der Waals surface area contributed by atoms with Crippen LogP contribution in [0.1, 0.15) is 36.0 Å². The Balaban J connectivity index is 0.00000161. The van der Waals surface area contributed by atoms with Crippen molar-refractivity contribution in [3.63, 3.8) is 0 Å². The van der Waals surface area contributed by atoms with Gasteiger partial charge in [-0.2, -0.15) is 0 Å². The fourth-order valence-electron chi connectivity index (χ4n) is 3.45. The summed E-state index contributed by atoms with van der Waals surface area (Å²) in [5.74, 6) is 0.168. The van der Waals surface area contributed by atoms with Crippen molar-refractivity contribution in [1.29, 1.82) is 0 Å². The first kappa shape index (κ1) is 16.8. The van der Waals surface area contributed by atoms with E-state index in [1.165, 1.54) is 12.8 Å². The molecule has 5 heteroatoms. The van der Waals surface area contributed by atoms with E-state index >= 15 is 0 Å². The first-order chi connectivity index (χ1) is 9.70. The maximum Gasteiger partial charge on any atom is 0.254 e. The number of hydrogen-bond acceptors (Lipinski definition) is 2. The average molecular weight is 374 g/mol. The molecule has 0 aliphatic carbocycles. The minimum Gasteiger partial charge on any atom is -0.339 e. The van der Waals surface area contributed by atoms with Crippen molar-refractivity contribution in [2.24, 2.45) is 5.41 Å². The maximum atomic E-state index is 12.6. The summed E-state index contributed by atoms with van der Waals surface area (Å²) in [5, 5.41) is 3.44. The molecule has 2 saturated heterocycles. The fraction of sp³-hybridized carbons (Fsp3) is 0.562. The summed E-state index contributed by atoms with van der Waals surface area (Å²) in [6, 6.07) is 7.71. The van der Waals surface area contributed by atoms with Crippen molar-refractivity contribution in [2.45, 2.75) is 25.7 Å². The van der Waals surface area contributed by atoms with E-state index in [1.807, 2.05) is 29.2 Å². The van der Waals surface area contributed by atoms with Gasteiger partial charge in [0.2, 0.25) is 0 Å². The molecular formula is C16H22BrClN2O. The molecule has 3 rings (SSSR count). The van der Waals surface area contributed by atoms with Gasteiger partial charge < -0.3 is 10.2 Å². The number of nitrogens with zero attached hydrogens (tertiary/aromatic N) is 1. The predicted molar refractivity (Wildman–Crippen MR) is 91.1 cm³/mol. The molecule has 0 atom stereocenters. The van der Waals surface area contributed by atoms with E-state index < -0.39 is 0 Å². The summed E-state index contributed by atoms with van der Waals surface area (Å²) in [5.41, 5.74) is 1.28. The van der Waals surface area contributed by atoms with Gasteiger partial charge in [0.25, 0.3) is 5.91 Å².